The fourth-order valence-corrected chi connectivity index (χ4v) is 1.50. The number of ether oxygens (including phenoxy) is 1. The number of hydrogen-bond donors (Lipinski definition) is 2. The van der Waals surface area contributed by atoms with Crippen LogP contribution < -0.4 is 10.1 Å². The van der Waals surface area contributed by atoms with E-state index in [1.165, 1.54) is 0 Å². The minimum atomic E-state index is -0.284. The van der Waals surface area contributed by atoms with Gasteiger partial charge < -0.3 is 15.2 Å². The standard InChI is InChI=1S/C13H18N2O2/c1-10(16)5-6-15-9-11-3-4-13(17-2)12(7-11)8-14/h3-4,7,10,15-16H,5-6,9H2,1-2H3. The average molecular weight is 234 g/mol. The molecule has 92 valence electrons. The number of nitrogens with zero attached hydrogens (tertiary/aromatic N) is 1. The zero-order valence-electron chi connectivity index (χ0n) is 10.2. The Balaban J connectivity index is 2.52. The third kappa shape index (κ3) is 4.43. The van der Waals surface area contributed by atoms with Gasteiger partial charge in [-0.25, -0.2) is 0 Å². The first-order valence-corrected chi connectivity index (χ1v) is 5.63. The van der Waals surface area contributed by atoms with Crippen molar-refractivity contribution in [2.75, 3.05) is 13.7 Å². The van der Waals surface area contributed by atoms with Gasteiger partial charge in [-0.3, -0.25) is 0 Å². The Hall–Kier alpha value is -1.57. The number of aliphatic hydroxyl groups is 1. The molecule has 0 fully saturated rings. The molecule has 17 heavy (non-hydrogen) atoms. The Labute approximate surface area is 102 Å². The molecule has 0 aliphatic rings. The Morgan fingerprint density at radius 2 is 2.29 bits per heavy atom. The molecule has 4 nitrogen and oxygen atoms in total. The van der Waals surface area contributed by atoms with Crippen LogP contribution in [0.15, 0.2) is 18.2 Å². The maximum absolute atomic E-state index is 9.10. The fourth-order valence-electron chi connectivity index (χ4n) is 1.50. The summed E-state index contributed by atoms with van der Waals surface area (Å²) in [4.78, 5) is 0. The van der Waals surface area contributed by atoms with Crippen molar-refractivity contribution in [1.82, 2.24) is 5.32 Å². The molecule has 4 heteroatoms. The zero-order valence-corrected chi connectivity index (χ0v) is 10.2. The number of hydrogen-bond acceptors (Lipinski definition) is 4. The molecule has 0 saturated carbocycles. The highest BCUT2D eigenvalue weighted by Crippen LogP contribution is 2.18. The molecule has 1 unspecified atom stereocenters. The smallest absolute Gasteiger partial charge is 0.136 e. The lowest BCUT2D eigenvalue weighted by Gasteiger charge is -2.08. The van der Waals surface area contributed by atoms with Crippen LogP contribution in [0.3, 0.4) is 0 Å². The monoisotopic (exact) mass is 234 g/mol. The van der Waals surface area contributed by atoms with Gasteiger partial charge in [-0.15, -0.1) is 0 Å². The molecular formula is C13H18N2O2. The van der Waals surface area contributed by atoms with Crippen molar-refractivity contribution in [3.05, 3.63) is 29.3 Å². The molecule has 0 aliphatic heterocycles. The molecule has 0 amide bonds. The maximum Gasteiger partial charge on any atom is 0.136 e. The van der Waals surface area contributed by atoms with Crippen molar-refractivity contribution in [3.8, 4) is 11.8 Å². The Morgan fingerprint density at radius 3 is 2.88 bits per heavy atom. The lowest BCUT2D eigenvalue weighted by Crippen LogP contribution is -2.18. The van der Waals surface area contributed by atoms with E-state index in [0.717, 1.165) is 18.5 Å². The number of benzene rings is 1. The van der Waals surface area contributed by atoms with Crippen LogP contribution >= 0.6 is 0 Å². The predicted octanol–water partition coefficient (Wildman–Crippen LogP) is 1.43. The average Bonchev–Trinajstić information content (AvgIpc) is 2.34. The van der Waals surface area contributed by atoms with Gasteiger partial charge in [0.2, 0.25) is 0 Å². The van der Waals surface area contributed by atoms with E-state index in [1.54, 1.807) is 20.1 Å². The molecule has 2 N–H and O–H groups in total. The second kappa shape index (κ2) is 6.89. The lowest BCUT2D eigenvalue weighted by molar-refractivity contribution is 0.183. The second-order valence-electron chi connectivity index (χ2n) is 3.96. The first-order chi connectivity index (χ1) is 8.17. The van der Waals surface area contributed by atoms with Gasteiger partial charge in [0.1, 0.15) is 11.8 Å². The third-order valence-corrected chi connectivity index (χ3v) is 2.45. The zero-order chi connectivity index (χ0) is 12.7. The number of rotatable bonds is 6. The SMILES string of the molecule is COc1ccc(CNCCC(C)O)cc1C#N. The lowest BCUT2D eigenvalue weighted by atomic mass is 10.1. The van der Waals surface area contributed by atoms with E-state index in [-0.39, 0.29) is 6.10 Å². The van der Waals surface area contributed by atoms with Crippen molar-refractivity contribution < 1.29 is 9.84 Å². The van der Waals surface area contributed by atoms with E-state index < -0.39 is 0 Å². The number of methoxy groups -OCH3 is 1. The van der Waals surface area contributed by atoms with Gasteiger partial charge in [0.15, 0.2) is 0 Å². The van der Waals surface area contributed by atoms with Crippen LogP contribution in [-0.4, -0.2) is 24.9 Å². The number of aliphatic hydroxyl groups excluding tert-OH is 1. The van der Waals surface area contributed by atoms with Gasteiger partial charge >= 0.3 is 0 Å². The highest BCUT2D eigenvalue weighted by atomic mass is 16.5. The first-order valence-electron chi connectivity index (χ1n) is 5.63. The maximum atomic E-state index is 9.10. The van der Waals surface area contributed by atoms with Gasteiger partial charge in [-0.1, -0.05) is 6.07 Å². The summed E-state index contributed by atoms with van der Waals surface area (Å²) in [6.07, 6.45) is 0.439. The summed E-state index contributed by atoms with van der Waals surface area (Å²) in [6, 6.07) is 7.64. The summed E-state index contributed by atoms with van der Waals surface area (Å²) in [6.45, 7) is 3.21. The summed E-state index contributed by atoms with van der Waals surface area (Å²) in [7, 11) is 1.55. The van der Waals surface area contributed by atoms with Gasteiger partial charge in [0.05, 0.1) is 18.8 Å². The van der Waals surface area contributed by atoms with E-state index in [9.17, 15) is 0 Å². The summed E-state index contributed by atoms with van der Waals surface area (Å²) in [5.74, 6) is 0.597. The highest BCUT2D eigenvalue weighted by Gasteiger charge is 2.03. The van der Waals surface area contributed by atoms with E-state index in [1.807, 2.05) is 12.1 Å². The summed E-state index contributed by atoms with van der Waals surface area (Å²) in [5, 5.41) is 21.2. The Kier molecular flexibility index (Phi) is 5.47. The van der Waals surface area contributed by atoms with Crippen LogP contribution in [-0.2, 0) is 6.54 Å². The molecule has 0 saturated heterocycles. The van der Waals surface area contributed by atoms with Crippen molar-refractivity contribution in [2.45, 2.75) is 26.0 Å². The van der Waals surface area contributed by atoms with Crippen LogP contribution in [0.25, 0.3) is 0 Å². The molecule has 0 spiro atoms. The first kappa shape index (κ1) is 13.5. The molecule has 0 heterocycles. The van der Waals surface area contributed by atoms with Gasteiger partial charge in [-0.2, -0.15) is 5.26 Å². The Morgan fingerprint density at radius 1 is 1.53 bits per heavy atom. The quantitative estimate of drug-likeness (QED) is 0.731. The van der Waals surface area contributed by atoms with E-state index in [4.69, 9.17) is 15.1 Å². The van der Waals surface area contributed by atoms with Gasteiger partial charge in [0, 0.05) is 6.54 Å². The molecule has 0 bridgehead atoms. The molecule has 0 radical (unpaired) electrons. The number of nitriles is 1. The molecule has 1 atom stereocenters. The van der Waals surface area contributed by atoms with Crippen LogP contribution in [0.2, 0.25) is 0 Å². The van der Waals surface area contributed by atoms with Crippen LogP contribution in [0.1, 0.15) is 24.5 Å². The summed E-state index contributed by atoms with van der Waals surface area (Å²) < 4.78 is 5.07. The summed E-state index contributed by atoms with van der Waals surface area (Å²) >= 11 is 0. The second-order valence-corrected chi connectivity index (χ2v) is 3.96. The van der Waals surface area contributed by atoms with Crippen molar-refractivity contribution in [3.63, 3.8) is 0 Å². The largest absolute Gasteiger partial charge is 0.495 e. The molecule has 1 aromatic rings. The molecular weight excluding hydrogens is 216 g/mol. The van der Waals surface area contributed by atoms with Crippen molar-refractivity contribution in [1.29, 1.82) is 5.26 Å². The third-order valence-electron chi connectivity index (χ3n) is 2.45. The van der Waals surface area contributed by atoms with Crippen LogP contribution in [0.4, 0.5) is 0 Å². The summed E-state index contributed by atoms with van der Waals surface area (Å²) in [5.41, 5.74) is 1.58. The molecule has 0 aliphatic carbocycles. The van der Waals surface area contributed by atoms with Crippen LogP contribution in [0.5, 0.6) is 5.75 Å². The highest BCUT2D eigenvalue weighted by molar-refractivity contribution is 5.45. The van der Waals surface area contributed by atoms with Crippen LogP contribution in [0, 0.1) is 11.3 Å². The number of nitrogens with one attached hydrogen (secondary N) is 1. The molecule has 1 rings (SSSR count). The normalized spacial score (nSPS) is 11.9. The fraction of sp³-hybridized carbons (Fsp3) is 0.462. The van der Waals surface area contributed by atoms with E-state index >= 15 is 0 Å². The van der Waals surface area contributed by atoms with Gasteiger partial charge in [-0.05, 0) is 37.6 Å². The van der Waals surface area contributed by atoms with Crippen molar-refractivity contribution in [2.24, 2.45) is 0 Å². The van der Waals surface area contributed by atoms with E-state index in [2.05, 4.69) is 11.4 Å². The van der Waals surface area contributed by atoms with Gasteiger partial charge in [0.25, 0.3) is 0 Å². The Bertz CT molecular complexity index is 397. The van der Waals surface area contributed by atoms with E-state index in [0.29, 0.717) is 17.9 Å². The molecule has 0 aromatic heterocycles. The predicted molar refractivity (Wildman–Crippen MR) is 65.7 cm³/mol. The minimum absolute atomic E-state index is 0.284. The minimum Gasteiger partial charge on any atom is -0.495 e. The molecule has 1 aromatic carbocycles. The topological polar surface area (TPSA) is 65.3 Å². The van der Waals surface area contributed by atoms with Crippen molar-refractivity contribution >= 4 is 0 Å².